The fourth-order valence-electron chi connectivity index (χ4n) is 4.46. The first-order valence-corrected chi connectivity index (χ1v) is 10.1. The third-order valence-corrected chi connectivity index (χ3v) is 6.00. The molecule has 1 aliphatic rings. The summed E-state index contributed by atoms with van der Waals surface area (Å²) in [4.78, 5) is 0. The standard InChI is InChI=1S/C28H24/c1-20-14-17-26(25-13-7-11-23-10-5-6-12-24(23)25)28-19-22(18-27(20)28)16-15-21-8-3-2-4-9-21/h2-14,17,19H,15-16,18H2,1H3. The lowest BCUT2D eigenvalue weighted by Gasteiger charge is -2.13. The van der Waals surface area contributed by atoms with Crippen LogP contribution < -0.4 is 0 Å². The van der Waals surface area contributed by atoms with E-state index in [-0.39, 0.29) is 0 Å². The summed E-state index contributed by atoms with van der Waals surface area (Å²) in [5.74, 6) is 0. The highest BCUT2D eigenvalue weighted by Crippen LogP contribution is 2.39. The number of aryl methyl sites for hydroxylation is 2. The van der Waals surface area contributed by atoms with Gasteiger partial charge in [0.05, 0.1) is 0 Å². The number of rotatable bonds is 4. The quantitative estimate of drug-likeness (QED) is 0.356. The average molecular weight is 361 g/mol. The van der Waals surface area contributed by atoms with E-state index in [1.54, 1.807) is 5.57 Å². The summed E-state index contributed by atoms with van der Waals surface area (Å²) in [7, 11) is 0. The largest absolute Gasteiger partial charge is 0.0648 e. The van der Waals surface area contributed by atoms with Crippen molar-refractivity contribution in [2.75, 3.05) is 0 Å². The Bertz CT molecular complexity index is 1170. The van der Waals surface area contributed by atoms with Gasteiger partial charge in [0.1, 0.15) is 0 Å². The molecule has 0 heterocycles. The van der Waals surface area contributed by atoms with Crippen LogP contribution in [0, 0.1) is 6.92 Å². The molecule has 0 nitrogen and oxygen atoms in total. The first kappa shape index (κ1) is 17.0. The fourth-order valence-corrected chi connectivity index (χ4v) is 4.46. The highest BCUT2D eigenvalue weighted by Gasteiger charge is 2.19. The predicted octanol–water partition coefficient (Wildman–Crippen LogP) is 7.39. The fraction of sp³-hybridized carbons (Fsp3) is 0.143. The number of benzene rings is 4. The molecule has 4 aromatic rings. The summed E-state index contributed by atoms with van der Waals surface area (Å²) in [6.45, 7) is 2.25. The van der Waals surface area contributed by atoms with Crippen molar-refractivity contribution in [2.24, 2.45) is 0 Å². The molecule has 4 aromatic carbocycles. The summed E-state index contributed by atoms with van der Waals surface area (Å²) in [5.41, 5.74) is 10.0. The van der Waals surface area contributed by atoms with Crippen molar-refractivity contribution in [2.45, 2.75) is 26.2 Å². The van der Waals surface area contributed by atoms with Crippen molar-refractivity contribution in [3.63, 3.8) is 0 Å². The van der Waals surface area contributed by atoms with Crippen LogP contribution in [0.2, 0.25) is 0 Å². The maximum Gasteiger partial charge on any atom is -0.00549 e. The topological polar surface area (TPSA) is 0 Å². The van der Waals surface area contributed by atoms with Crippen molar-refractivity contribution in [1.29, 1.82) is 0 Å². The SMILES string of the molecule is Cc1ccc(-c2cccc3ccccc23)c2c1CC(CCc1ccccc1)=C2. The van der Waals surface area contributed by atoms with Crippen molar-refractivity contribution in [3.05, 3.63) is 113 Å². The summed E-state index contributed by atoms with van der Waals surface area (Å²) < 4.78 is 0. The zero-order chi connectivity index (χ0) is 18.9. The van der Waals surface area contributed by atoms with Gasteiger partial charge in [-0.15, -0.1) is 0 Å². The average Bonchev–Trinajstić information content (AvgIpc) is 3.18. The molecule has 136 valence electrons. The van der Waals surface area contributed by atoms with Crippen LogP contribution in [0.3, 0.4) is 0 Å². The van der Waals surface area contributed by atoms with Gasteiger partial charge < -0.3 is 0 Å². The molecule has 0 N–H and O–H groups in total. The van der Waals surface area contributed by atoms with Gasteiger partial charge in [-0.1, -0.05) is 96.6 Å². The first-order valence-electron chi connectivity index (χ1n) is 10.1. The Labute approximate surface area is 167 Å². The molecule has 0 unspecified atom stereocenters. The summed E-state index contributed by atoms with van der Waals surface area (Å²) in [5, 5.41) is 2.64. The smallest absolute Gasteiger partial charge is 0.00549 e. The van der Waals surface area contributed by atoms with E-state index in [0.29, 0.717) is 0 Å². The summed E-state index contributed by atoms with van der Waals surface area (Å²) in [6.07, 6.45) is 5.80. The monoisotopic (exact) mass is 360 g/mol. The second-order valence-corrected chi connectivity index (χ2v) is 7.81. The molecule has 0 fully saturated rings. The second kappa shape index (κ2) is 7.13. The Hall–Kier alpha value is -3.12. The highest BCUT2D eigenvalue weighted by molar-refractivity contribution is 5.99. The number of fused-ring (bicyclic) bond motifs is 2. The van der Waals surface area contributed by atoms with Crippen molar-refractivity contribution >= 4 is 16.8 Å². The minimum absolute atomic E-state index is 1.09. The molecule has 0 saturated carbocycles. The maximum absolute atomic E-state index is 2.46. The van der Waals surface area contributed by atoms with Crippen molar-refractivity contribution in [3.8, 4) is 11.1 Å². The van der Waals surface area contributed by atoms with Gasteiger partial charge in [-0.05, 0) is 70.3 Å². The zero-order valence-electron chi connectivity index (χ0n) is 16.3. The molecular weight excluding hydrogens is 336 g/mol. The maximum atomic E-state index is 2.46. The van der Waals surface area contributed by atoms with Crippen LogP contribution in [0.1, 0.15) is 28.7 Å². The minimum Gasteiger partial charge on any atom is -0.0648 e. The Morgan fingerprint density at radius 3 is 2.36 bits per heavy atom. The molecule has 0 amide bonds. The molecule has 0 heteroatoms. The molecule has 28 heavy (non-hydrogen) atoms. The van der Waals surface area contributed by atoms with Gasteiger partial charge in [-0.25, -0.2) is 0 Å². The van der Waals surface area contributed by atoms with Gasteiger partial charge in [0, 0.05) is 0 Å². The van der Waals surface area contributed by atoms with E-state index >= 15 is 0 Å². The molecule has 0 saturated heterocycles. The van der Waals surface area contributed by atoms with Crippen LogP contribution in [-0.4, -0.2) is 0 Å². The van der Waals surface area contributed by atoms with Crippen LogP contribution in [0.15, 0.2) is 90.5 Å². The Kier molecular flexibility index (Phi) is 4.33. The van der Waals surface area contributed by atoms with E-state index in [9.17, 15) is 0 Å². The number of hydrogen-bond acceptors (Lipinski definition) is 0. The molecule has 0 spiro atoms. The van der Waals surface area contributed by atoms with Gasteiger partial charge in [0.2, 0.25) is 0 Å². The van der Waals surface area contributed by atoms with Crippen LogP contribution in [0.4, 0.5) is 0 Å². The molecule has 0 aliphatic heterocycles. The molecule has 5 rings (SSSR count). The summed E-state index contributed by atoms with van der Waals surface area (Å²) >= 11 is 0. The van der Waals surface area contributed by atoms with Crippen LogP contribution in [0.5, 0.6) is 0 Å². The van der Waals surface area contributed by atoms with E-state index in [1.807, 2.05) is 0 Å². The van der Waals surface area contributed by atoms with E-state index in [0.717, 1.165) is 19.3 Å². The first-order chi connectivity index (χ1) is 13.8. The van der Waals surface area contributed by atoms with Gasteiger partial charge >= 0.3 is 0 Å². The second-order valence-electron chi connectivity index (χ2n) is 7.81. The summed E-state index contributed by atoms with van der Waals surface area (Å²) in [6, 6.07) is 30.8. The minimum atomic E-state index is 1.09. The van der Waals surface area contributed by atoms with Crippen molar-refractivity contribution < 1.29 is 0 Å². The zero-order valence-corrected chi connectivity index (χ0v) is 16.3. The van der Waals surface area contributed by atoms with Crippen LogP contribution in [0.25, 0.3) is 28.0 Å². The molecular formula is C28H24. The lowest BCUT2D eigenvalue weighted by molar-refractivity contribution is 0.915. The Morgan fingerprint density at radius 1 is 0.679 bits per heavy atom. The lowest BCUT2D eigenvalue weighted by atomic mass is 9.91. The van der Waals surface area contributed by atoms with E-state index in [1.165, 1.54) is 44.2 Å². The predicted molar refractivity (Wildman–Crippen MR) is 121 cm³/mol. The third-order valence-electron chi connectivity index (χ3n) is 6.00. The van der Waals surface area contributed by atoms with Gasteiger partial charge in [0.25, 0.3) is 0 Å². The number of hydrogen-bond donors (Lipinski definition) is 0. The molecule has 0 atom stereocenters. The molecule has 0 aromatic heterocycles. The van der Waals surface area contributed by atoms with Crippen LogP contribution >= 0.6 is 0 Å². The normalized spacial score (nSPS) is 12.8. The van der Waals surface area contributed by atoms with E-state index in [2.05, 4.69) is 97.9 Å². The van der Waals surface area contributed by atoms with Gasteiger partial charge in [-0.3, -0.25) is 0 Å². The molecule has 0 radical (unpaired) electrons. The Morgan fingerprint density at radius 2 is 1.46 bits per heavy atom. The third kappa shape index (κ3) is 3.05. The lowest BCUT2D eigenvalue weighted by Crippen LogP contribution is -1.93. The Balaban J connectivity index is 1.54. The number of allylic oxidation sites excluding steroid dienone is 1. The highest BCUT2D eigenvalue weighted by atomic mass is 14.2. The van der Waals surface area contributed by atoms with E-state index < -0.39 is 0 Å². The van der Waals surface area contributed by atoms with Gasteiger partial charge in [0.15, 0.2) is 0 Å². The molecule has 0 bridgehead atoms. The van der Waals surface area contributed by atoms with Crippen LogP contribution in [-0.2, 0) is 12.8 Å². The van der Waals surface area contributed by atoms with Crippen molar-refractivity contribution in [1.82, 2.24) is 0 Å². The van der Waals surface area contributed by atoms with Gasteiger partial charge in [-0.2, -0.15) is 0 Å². The van der Waals surface area contributed by atoms with E-state index in [4.69, 9.17) is 0 Å². The molecule has 1 aliphatic carbocycles.